The molecule has 1 atom stereocenters. The van der Waals surface area contributed by atoms with Gasteiger partial charge >= 0.3 is 0 Å². The van der Waals surface area contributed by atoms with Crippen LogP contribution in [0.1, 0.15) is 41.8 Å². The number of hydrogen-bond donors (Lipinski definition) is 2. The predicted molar refractivity (Wildman–Crippen MR) is 115 cm³/mol. The molecule has 0 saturated carbocycles. The van der Waals surface area contributed by atoms with E-state index in [1.54, 1.807) is 18.4 Å². The number of methoxy groups -OCH3 is 1. The monoisotopic (exact) mass is 395 g/mol. The SMILES string of the molecule is COc1ccccc1NC(=O)C[NH2+][C@@H](c1ccc(C(C)C)cc1)c1cccs1. The summed E-state index contributed by atoms with van der Waals surface area (Å²) in [6.45, 7) is 4.71. The molecule has 0 bridgehead atoms. The number of benzene rings is 2. The Balaban J connectivity index is 1.71. The van der Waals surface area contributed by atoms with Crippen LogP contribution in [0.2, 0.25) is 0 Å². The van der Waals surface area contributed by atoms with Crippen LogP contribution in [-0.4, -0.2) is 19.6 Å². The predicted octanol–water partition coefficient (Wildman–Crippen LogP) is 4.17. The van der Waals surface area contributed by atoms with Crippen LogP contribution >= 0.6 is 11.3 Å². The van der Waals surface area contributed by atoms with Crippen LogP contribution in [0.3, 0.4) is 0 Å². The number of carbonyl (C=O) groups is 1. The van der Waals surface area contributed by atoms with E-state index < -0.39 is 0 Å². The molecule has 28 heavy (non-hydrogen) atoms. The van der Waals surface area contributed by atoms with Crippen molar-refractivity contribution < 1.29 is 14.8 Å². The first-order valence-electron chi connectivity index (χ1n) is 9.48. The average Bonchev–Trinajstić information content (AvgIpc) is 3.23. The van der Waals surface area contributed by atoms with Crippen molar-refractivity contribution in [3.63, 3.8) is 0 Å². The maximum Gasteiger partial charge on any atom is 0.279 e. The van der Waals surface area contributed by atoms with Crippen LogP contribution in [0.15, 0.2) is 66.0 Å². The van der Waals surface area contributed by atoms with E-state index in [9.17, 15) is 4.79 Å². The minimum Gasteiger partial charge on any atom is -0.495 e. The molecule has 2 aromatic carbocycles. The molecule has 1 amide bonds. The first-order valence-corrected chi connectivity index (χ1v) is 10.4. The summed E-state index contributed by atoms with van der Waals surface area (Å²) in [5.74, 6) is 1.12. The fraction of sp³-hybridized carbons (Fsp3) is 0.261. The van der Waals surface area contributed by atoms with E-state index in [2.05, 4.69) is 66.3 Å². The summed E-state index contributed by atoms with van der Waals surface area (Å²) < 4.78 is 5.31. The van der Waals surface area contributed by atoms with Gasteiger partial charge < -0.3 is 15.4 Å². The van der Waals surface area contributed by atoms with Gasteiger partial charge in [0.25, 0.3) is 5.91 Å². The van der Waals surface area contributed by atoms with Crippen LogP contribution in [0.5, 0.6) is 5.75 Å². The Morgan fingerprint density at radius 2 is 1.75 bits per heavy atom. The molecule has 1 aromatic heterocycles. The fourth-order valence-electron chi connectivity index (χ4n) is 3.15. The second kappa shape index (κ2) is 9.53. The first-order chi connectivity index (χ1) is 13.6. The van der Waals surface area contributed by atoms with Crippen molar-refractivity contribution in [1.29, 1.82) is 0 Å². The molecular weight excluding hydrogens is 368 g/mol. The van der Waals surface area contributed by atoms with Crippen molar-refractivity contribution in [3.8, 4) is 5.75 Å². The molecule has 1 heterocycles. The first kappa shape index (κ1) is 20.1. The van der Waals surface area contributed by atoms with Crippen LogP contribution in [-0.2, 0) is 4.79 Å². The minimum absolute atomic E-state index is 0.0511. The number of nitrogens with two attached hydrogens (primary N) is 1. The van der Waals surface area contributed by atoms with Gasteiger partial charge in [0, 0.05) is 5.56 Å². The lowest BCUT2D eigenvalue weighted by atomic mass is 9.98. The Kier molecular flexibility index (Phi) is 6.85. The van der Waals surface area contributed by atoms with Gasteiger partial charge in [-0.2, -0.15) is 0 Å². The zero-order valence-corrected chi connectivity index (χ0v) is 17.3. The fourth-order valence-corrected chi connectivity index (χ4v) is 4.00. The lowest BCUT2D eigenvalue weighted by Crippen LogP contribution is -2.87. The summed E-state index contributed by atoms with van der Waals surface area (Å²) in [7, 11) is 1.60. The molecule has 146 valence electrons. The second-order valence-corrected chi connectivity index (χ2v) is 7.98. The summed E-state index contributed by atoms with van der Waals surface area (Å²) in [5.41, 5.74) is 3.22. The molecule has 0 aliphatic heterocycles. The van der Waals surface area contributed by atoms with Crippen molar-refractivity contribution in [2.45, 2.75) is 25.8 Å². The van der Waals surface area contributed by atoms with Gasteiger partial charge in [-0.3, -0.25) is 4.79 Å². The van der Waals surface area contributed by atoms with E-state index in [1.807, 2.05) is 24.3 Å². The Morgan fingerprint density at radius 3 is 2.39 bits per heavy atom. The molecule has 0 aliphatic carbocycles. The number of para-hydroxylation sites is 2. The molecule has 4 nitrogen and oxygen atoms in total. The Morgan fingerprint density at radius 1 is 1.04 bits per heavy atom. The van der Waals surface area contributed by atoms with Gasteiger partial charge in [-0.15, -0.1) is 11.3 Å². The van der Waals surface area contributed by atoms with E-state index in [0.29, 0.717) is 23.9 Å². The van der Waals surface area contributed by atoms with E-state index in [1.165, 1.54) is 16.0 Å². The third-order valence-corrected chi connectivity index (χ3v) is 5.69. The Labute approximate surface area is 170 Å². The highest BCUT2D eigenvalue weighted by Gasteiger charge is 2.20. The van der Waals surface area contributed by atoms with E-state index >= 15 is 0 Å². The molecule has 0 spiro atoms. The number of anilines is 1. The molecule has 0 unspecified atom stereocenters. The molecule has 3 aromatic rings. The lowest BCUT2D eigenvalue weighted by molar-refractivity contribution is -0.675. The van der Waals surface area contributed by atoms with Crippen molar-refractivity contribution in [2.24, 2.45) is 0 Å². The zero-order chi connectivity index (χ0) is 19.9. The number of hydrogen-bond acceptors (Lipinski definition) is 3. The average molecular weight is 396 g/mol. The topological polar surface area (TPSA) is 54.9 Å². The third kappa shape index (κ3) is 5.00. The normalized spacial score (nSPS) is 12.0. The van der Waals surface area contributed by atoms with Crippen LogP contribution in [0.25, 0.3) is 0 Å². The number of quaternary nitrogens is 1. The highest BCUT2D eigenvalue weighted by atomic mass is 32.1. The number of amides is 1. The van der Waals surface area contributed by atoms with Gasteiger partial charge in [0.05, 0.1) is 17.7 Å². The maximum absolute atomic E-state index is 12.5. The van der Waals surface area contributed by atoms with Crippen LogP contribution in [0, 0.1) is 0 Å². The largest absolute Gasteiger partial charge is 0.495 e. The van der Waals surface area contributed by atoms with E-state index in [-0.39, 0.29) is 11.9 Å². The lowest BCUT2D eigenvalue weighted by Gasteiger charge is -2.16. The van der Waals surface area contributed by atoms with E-state index in [0.717, 1.165) is 0 Å². The number of ether oxygens (including phenoxy) is 1. The van der Waals surface area contributed by atoms with Crippen LogP contribution in [0.4, 0.5) is 5.69 Å². The maximum atomic E-state index is 12.5. The number of rotatable bonds is 8. The summed E-state index contributed by atoms with van der Waals surface area (Å²) in [6.07, 6.45) is 0. The van der Waals surface area contributed by atoms with Crippen molar-refractivity contribution >= 4 is 22.9 Å². The van der Waals surface area contributed by atoms with Crippen molar-refractivity contribution in [2.75, 3.05) is 19.0 Å². The highest BCUT2D eigenvalue weighted by Crippen LogP contribution is 2.25. The van der Waals surface area contributed by atoms with Gasteiger partial charge in [0.2, 0.25) is 0 Å². The smallest absolute Gasteiger partial charge is 0.279 e. The summed E-state index contributed by atoms with van der Waals surface area (Å²) in [6, 6.07) is 20.4. The highest BCUT2D eigenvalue weighted by molar-refractivity contribution is 7.10. The molecule has 0 aliphatic rings. The quantitative estimate of drug-likeness (QED) is 0.601. The van der Waals surface area contributed by atoms with Crippen molar-refractivity contribution in [1.82, 2.24) is 0 Å². The molecule has 0 fully saturated rings. The van der Waals surface area contributed by atoms with Crippen LogP contribution < -0.4 is 15.4 Å². The van der Waals surface area contributed by atoms with Crippen molar-refractivity contribution in [3.05, 3.63) is 82.0 Å². The molecule has 3 N–H and O–H groups in total. The van der Waals surface area contributed by atoms with Gasteiger partial charge in [-0.1, -0.05) is 56.3 Å². The number of carbonyl (C=O) groups excluding carboxylic acids is 1. The molecule has 0 radical (unpaired) electrons. The minimum atomic E-state index is -0.0511. The number of thiophene rings is 1. The van der Waals surface area contributed by atoms with Gasteiger partial charge in [0.15, 0.2) is 6.54 Å². The Bertz CT molecular complexity index is 889. The molecular formula is C23H27N2O2S+. The zero-order valence-electron chi connectivity index (χ0n) is 16.5. The Hall–Kier alpha value is -2.63. The molecule has 3 rings (SSSR count). The standard InChI is InChI=1S/C23H26N2O2S/c1-16(2)17-10-12-18(13-11-17)23(21-9-6-14-28-21)24-15-22(26)25-19-7-4-5-8-20(19)27-3/h4-14,16,23-24H,15H2,1-3H3,(H,25,26)/p+1/t23-/m0/s1. The van der Waals surface area contributed by atoms with E-state index in [4.69, 9.17) is 4.74 Å². The third-order valence-electron chi connectivity index (χ3n) is 4.73. The van der Waals surface area contributed by atoms with Gasteiger partial charge in [0.1, 0.15) is 11.8 Å². The summed E-state index contributed by atoms with van der Waals surface area (Å²) in [4.78, 5) is 13.8. The molecule has 0 saturated heterocycles. The summed E-state index contributed by atoms with van der Waals surface area (Å²) >= 11 is 1.72. The second-order valence-electron chi connectivity index (χ2n) is 7.00. The molecule has 5 heteroatoms. The van der Waals surface area contributed by atoms with Gasteiger partial charge in [-0.05, 0) is 35.1 Å². The summed E-state index contributed by atoms with van der Waals surface area (Å²) in [5, 5.41) is 7.11. The number of nitrogens with one attached hydrogen (secondary N) is 1. The van der Waals surface area contributed by atoms with Gasteiger partial charge in [-0.25, -0.2) is 0 Å².